The Hall–Kier alpha value is -2.54. The average Bonchev–Trinajstić information content (AvgIpc) is 2.32. The molecule has 0 bridgehead atoms. The number of rotatable bonds is 1. The van der Waals surface area contributed by atoms with Crippen molar-refractivity contribution in [3.63, 3.8) is 0 Å². The molecule has 0 spiro atoms. The van der Waals surface area contributed by atoms with Crippen LogP contribution in [0.2, 0.25) is 0 Å². The minimum atomic E-state index is 0.360. The zero-order valence-corrected chi connectivity index (χ0v) is 8.51. The highest BCUT2D eigenvalue weighted by Crippen LogP contribution is 2.26. The summed E-state index contributed by atoms with van der Waals surface area (Å²) in [7, 11) is 0. The fourth-order valence-corrected chi connectivity index (χ4v) is 1.44. The zero-order valence-electron chi connectivity index (χ0n) is 8.51. The molecule has 4 nitrogen and oxygen atoms in total. The van der Waals surface area contributed by atoms with Crippen molar-refractivity contribution in [1.82, 2.24) is 4.98 Å². The maximum atomic E-state index is 8.76. The molecule has 78 valence electrons. The average molecular weight is 210 g/mol. The van der Waals surface area contributed by atoms with E-state index in [0.29, 0.717) is 22.8 Å². The molecule has 0 aliphatic heterocycles. The second kappa shape index (κ2) is 3.91. The monoisotopic (exact) mass is 210 g/mol. The molecule has 2 rings (SSSR count). The lowest BCUT2D eigenvalue weighted by atomic mass is 10.1. The van der Waals surface area contributed by atoms with Gasteiger partial charge >= 0.3 is 0 Å². The molecule has 4 heteroatoms. The van der Waals surface area contributed by atoms with E-state index in [0.717, 1.165) is 5.56 Å². The number of nitrogens with two attached hydrogens (primary N) is 2. The van der Waals surface area contributed by atoms with Gasteiger partial charge in [0.25, 0.3) is 0 Å². The third-order valence-electron chi connectivity index (χ3n) is 2.22. The maximum absolute atomic E-state index is 8.76. The summed E-state index contributed by atoms with van der Waals surface area (Å²) in [5.74, 6) is 0. The first-order valence-electron chi connectivity index (χ1n) is 4.73. The first kappa shape index (κ1) is 9.99. The normalized spacial score (nSPS) is 9.69. The number of nitrogen functional groups attached to an aromatic ring is 2. The topological polar surface area (TPSA) is 88.7 Å². The number of hydrogen-bond acceptors (Lipinski definition) is 4. The molecular formula is C12H10N4. The van der Waals surface area contributed by atoms with E-state index in [1.807, 2.05) is 6.07 Å². The standard InChI is InChI=1S/C12H10N4/c13-7-9-2-1-3-12(16-9)10-6-8(14)4-5-11(10)15/h1-6H,14-15H2. The van der Waals surface area contributed by atoms with E-state index >= 15 is 0 Å². The summed E-state index contributed by atoms with van der Waals surface area (Å²) in [6.45, 7) is 0. The number of aromatic nitrogens is 1. The highest BCUT2D eigenvalue weighted by Gasteiger charge is 2.05. The van der Waals surface area contributed by atoms with Crippen molar-refractivity contribution in [2.75, 3.05) is 11.5 Å². The quantitative estimate of drug-likeness (QED) is 0.702. The van der Waals surface area contributed by atoms with Crippen LogP contribution in [0.4, 0.5) is 11.4 Å². The van der Waals surface area contributed by atoms with Gasteiger partial charge in [0.05, 0.1) is 5.69 Å². The predicted octanol–water partition coefficient (Wildman–Crippen LogP) is 1.78. The Bertz CT molecular complexity index is 569. The van der Waals surface area contributed by atoms with Crippen LogP contribution in [0.3, 0.4) is 0 Å². The fourth-order valence-electron chi connectivity index (χ4n) is 1.44. The molecule has 0 aliphatic carbocycles. The van der Waals surface area contributed by atoms with E-state index in [1.165, 1.54) is 0 Å². The molecule has 0 amide bonds. The Labute approximate surface area is 93.1 Å². The minimum absolute atomic E-state index is 0.360. The molecule has 1 aromatic carbocycles. The van der Waals surface area contributed by atoms with Crippen LogP contribution in [-0.4, -0.2) is 4.98 Å². The minimum Gasteiger partial charge on any atom is -0.399 e. The van der Waals surface area contributed by atoms with Gasteiger partial charge in [-0.1, -0.05) is 6.07 Å². The van der Waals surface area contributed by atoms with E-state index in [-0.39, 0.29) is 0 Å². The van der Waals surface area contributed by atoms with Gasteiger partial charge in [0.1, 0.15) is 11.8 Å². The van der Waals surface area contributed by atoms with Gasteiger partial charge in [-0.05, 0) is 30.3 Å². The molecule has 0 saturated carbocycles. The molecule has 0 fully saturated rings. The second-order valence-corrected chi connectivity index (χ2v) is 3.37. The largest absolute Gasteiger partial charge is 0.399 e. The van der Waals surface area contributed by atoms with Crippen LogP contribution in [0.25, 0.3) is 11.3 Å². The molecule has 0 saturated heterocycles. The highest BCUT2D eigenvalue weighted by atomic mass is 14.7. The molecule has 0 radical (unpaired) electrons. The number of hydrogen-bond donors (Lipinski definition) is 2. The summed E-state index contributed by atoms with van der Waals surface area (Å²) in [5.41, 5.74) is 14.5. The Kier molecular flexibility index (Phi) is 2.44. The van der Waals surface area contributed by atoms with Crippen molar-refractivity contribution in [3.8, 4) is 17.3 Å². The molecule has 0 unspecified atom stereocenters. The number of benzene rings is 1. The van der Waals surface area contributed by atoms with Crippen molar-refractivity contribution in [2.45, 2.75) is 0 Å². The molecule has 0 aliphatic rings. The lowest BCUT2D eigenvalue weighted by molar-refractivity contribution is 1.27. The van der Waals surface area contributed by atoms with Gasteiger partial charge in [0.15, 0.2) is 0 Å². The molecule has 1 heterocycles. The molecule has 0 atom stereocenters. The van der Waals surface area contributed by atoms with Crippen molar-refractivity contribution in [3.05, 3.63) is 42.1 Å². The highest BCUT2D eigenvalue weighted by molar-refractivity contribution is 5.77. The molecule has 16 heavy (non-hydrogen) atoms. The first-order valence-corrected chi connectivity index (χ1v) is 4.73. The van der Waals surface area contributed by atoms with E-state index in [1.54, 1.807) is 36.4 Å². The fraction of sp³-hybridized carbons (Fsp3) is 0. The van der Waals surface area contributed by atoms with Gasteiger partial charge in [0.2, 0.25) is 0 Å². The van der Waals surface area contributed by atoms with Crippen LogP contribution in [-0.2, 0) is 0 Å². The molecule has 1 aromatic heterocycles. The lowest BCUT2D eigenvalue weighted by Crippen LogP contribution is -1.95. The first-order chi connectivity index (χ1) is 7.70. The summed E-state index contributed by atoms with van der Waals surface area (Å²) in [4.78, 5) is 4.17. The summed E-state index contributed by atoms with van der Waals surface area (Å²) < 4.78 is 0. The summed E-state index contributed by atoms with van der Waals surface area (Å²) in [6.07, 6.45) is 0. The van der Waals surface area contributed by atoms with E-state index in [9.17, 15) is 0 Å². The van der Waals surface area contributed by atoms with Gasteiger partial charge in [-0.3, -0.25) is 0 Å². The van der Waals surface area contributed by atoms with Crippen LogP contribution in [0.15, 0.2) is 36.4 Å². The molecular weight excluding hydrogens is 200 g/mol. The van der Waals surface area contributed by atoms with E-state index < -0.39 is 0 Å². The van der Waals surface area contributed by atoms with Gasteiger partial charge in [-0.2, -0.15) is 5.26 Å². The third kappa shape index (κ3) is 1.79. The Morgan fingerprint density at radius 1 is 1.12 bits per heavy atom. The van der Waals surface area contributed by atoms with Crippen LogP contribution >= 0.6 is 0 Å². The number of pyridine rings is 1. The second-order valence-electron chi connectivity index (χ2n) is 3.37. The van der Waals surface area contributed by atoms with Crippen molar-refractivity contribution < 1.29 is 0 Å². The molecule has 4 N–H and O–H groups in total. The maximum Gasteiger partial charge on any atom is 0.141 e. The van der Waals surface area contributed by atoms with Crippen LogP contribution in [0.1, 0.15) is 5.69 Å². The third-order valence-corrected chi connectivity index (χ3v) is 2.22. The van der Waals surface area contributed by atoms with Crippen LogP contribution in [0.5, 0.6) is 0 Å². The lowest BCUT2D eigenvalue weighted by Gasteiger charge is -2.06. The Morgan fingerprint density at radius 3 is 2.69 bits per heavy atom. The SMILES string of the molecule is N#Cc1cccc(-c2cc(N)ccc2N)n1. The molecule has 2 aromatic rings. The van der Waals surface area contributed by atoms with Gasteiger partial charge in [0, 0.05) is 16.9 Å². The number of nitrogens with zero attached hydrogens (tertiary/aromatic N) is 2. The van der Waals surface area contributed by atoms with E-state index in [2.05, 4.69) is 4.98 Å². The summed E-state index contributed by atoms with van der Waals surface area (Å²) >= 11 is 0. The van der Waals surface area contributed by atoms with Crippen LogP contribution in [0, 0.1) is 11.3 Å². The summed E-state index contributed by atoms with van der Waals surface area (Å²) in [6, 6.07) is 12.4. The number of nitriles is 1. The van der Waals surface area contributed by atoms with Crippen molar-refractivity contribution in [2.24, 2.45) is 0 Å². The summed E-state index contributed by atoms with van der Waals surface area (Å²) in [5, 5.41) is 8.76. The predicted molar refractivity (Wildman–Crippen MR) is 63.2 cm³/mol. The van der Waals surface area contributed by atoms with Crippen molar-refractivity contribution in [1.29, 1.82) is 5.26 Å². The van der Waals surface area contributed by atoms with Gasteiger partial charge in [-0.25, -0.2) is 4.98 Å². The van der Waals surface area contributed by atoms with Crippen LogP contribution < -0.4 is 11.5 Å². The van der Waals surface area contributed by atoms with Crippen molar-refractivity contribution >= 4 is 11.4 Å². The van der Waals surface area contributed by atoms with Gasteiger partial charge in [-0.15, -0.1) is 0 Å². The Balaban J connectivity index is 2.58. The van der Waals surface area contributed by atoms with Gasteiger partial charge < -0.3 is 11.5 Å². The Morgan fingerprint density at radius 2 is 1.94 bits per heavy atom. The smallest absolute Gasteiger partial charge is 0.141 e. The van der Waals surface area contributed by atoms with E-state index in [4.69, 9.17) is 16.7 Å². The number of anilines is 2. The zero-order chi connectivity index (χ0) is 11.5.